The fraction of sp³-hybridized carbons (Fsp3) is 0. The summed E-state index contributed by atoms with van der Waals surface area (Å²) >= 11 is 0. The summed E-state index contributed by atoms with van der Waals surface area (Å²) in [6.07, 6.45) is 0. The van der Waals surface area contributed by atoms with Crippen LogP contribution in [0.2, 0.25) is 0 Å². The highest BCUT2D eigenvalue weighted by Gasteiger charge is 2.08. The van der Waals surface area contributed by atoms with Crippen molar-refractivity contribution in [3.05, 3.63) is 59.4 Å². The predicted octanol–water partition coefficient (Wildman–Crippen LogP) is 2.66. The molecule has 0 radical (unpaired) electrons. The Morgan fingerprint density at radius 1 is 1.26 bits per heavy atom. The van der Waals surface area contributed by atoms with Gasteiger partial charge in [0.25, 0.3) is 5.91 Å². The maximum Gasteiger partial charge on any atom is 0.255 e. The smallest absolute Gasteiger partial charge is 0.255 e. The lowest BCUT2D eigenvalue weighted by atomic mass is 10.1. The van der Waals surface area contributed by atoms with Crippen molar-refractivity contribution in [1.29, 1.82) is 5.26 Å². The molecule has 0 aliphatic rings. The van der Waals surface area contributed by atoms with Gasteiger partial charge < -0.3 is 10.4 Å². The van der Waals surface area contributed by atoms with E-state index in [4.69, 9.17) is 10.4 Å². The molecule has 0 spiro atoms. The zero-order valence-corrected chi connectivity index (χ0v) is 9.72. The van der Waals surface area contributed by atoms with Gasteiger partial charge in [-0.3, -0.25) is 4.79 Å². The van der Waals surface area contributed by atoms with E-state index in [1.165, 1.54) is 12.1 Å². The summed E-state index contributed by atoms with van der Waals surface area (Å²) in [6.45, 7) is 0. The number of nitrogens with zero attached hydrogens (tertiary/aromatic N) is 1. The minimum atomic E-state index is -0.816. The van der Waals surface area contributed by atoms with Crippen LogP contribution in [-0.4, -0.2) is 11.0 Å². The van der Waals surface area contributed by atoms with Gasteiger partial charge in [-0.15, -0.1) is 0 Å². The largest absolute Gasteiger partial charge is 0.505 e. The first kappa shape index (κ1) is 12.6. The molecule has 0 bridgehead atoms. The van der Waals surface area contributed by atoms with Crippen molar-refractivity contribution in [2.45, 2.75) is 0 Å². The number of nitriles is 1. The minimum absolute atomic E-state index is 0.225. The van der Waals surface area contributed by atoms with Crippen LogP contribution in [0.15, 0.2) is 42.5 Å². The van der Waals surface area contributed by atoms with E-state index in [2.05, 4.69) is 5.32 Å². The molecular weight excluding hydrogens is 247 g/mol. The number of benzene rings is 2. The Kier molecular flexibility index (Phi) is 3.44. The summed E-state index contributed by atoms with van der Waals surface area (Å²) in [5.74, 6) is -1.75. The second-order valence-electron chi connectivity index (χ2n) is 3.81. The van der Waals surface area contributed by atoms with E-state index < -0.39 is 17.5 Å². The van der Waals surface area contributed by atoms with E-state index in [0.717, 1.165) is 12.1 Å². The Bertz CT molecular complexity index is 677. The summed E-state index contributed by atoms with van der Waals surface area (Å²) < 4.78 is 13.1. The fourth-order valence-corrected chi connectivity index (χ4v) is 1.52. The lowest BCUT2D eigenvalue weighted by molar-refractivity contribution is 0.102. The number of hydrogen-bond donors (Lipinski definition) is 2. The van der Waals surface area contributed by atoms with Gasteiger partial charge in [0.1, 0.15) is 0 Å². The average molecular weight is 256 g/mol. The monoisotopic (exact) mass is 256 g/mol. The molecule has 0 unspecified atom stereocenters. The average Bonchev–Trinajstić information content (AvgIpc) is 2.43. The Morgan fingerprint density at radius 3 is 2.74 bits per heavy atom. The number of phenols is 1. The fourth-order valence-electron chi connectivity index (χ4n) is 1.52. The first-order chi connectivity index (χ1) is 9.10. The van der Waals surface area contributed by atoms with E-state index >= 15 is 0 Å². The summed E-state index contributed by atoms with van der Waals surface area (Å²) in [4.78, 5) is 11.9. The van der Waals surface area contributed by atoms with Crippen LogP contribution >= 0.6 is 0 Å². The van der Waals surface area contributed by atoms with Crippen LogP contribution < -0.4 is 5.32 Å². The highest BCUT2D eigenvalue weighted by molar-refractivity contribution is 6.04. The minimum Gasteiger partial charge on any atom is -0.505 e. The number of carbonyl (C=O) groups excluding carboxylic acids is 1. The van der Waals surface area contributed by atoms with Crippen molar-refractivity contribution >= 4 is 11.6 Å². The maximum atomic E-state index is 13.1. The number of halogens is 1. The van der Waals surface area contributed by atoms with Crippen molar-refractivity contribution in [3.63, 3.8) is 0 Å². The molecule has 2 rings (SSSR count). The third kappa shape index (κ3) is 2.87. The summed E-state index contributed by atoms with van der Waals surface area (Å²) in [5.41, 5.74) is 0.889. The molecule has 19 heavy (non-hydrogen) atoms. The van der Waals surface area contributed by atoms with Crippen LogP contribution in [0.25, 0.3) is 0 Å². The Balaban J connectivity index is 2.21. The second kappa shape index (κ2) is 5.19. The van der Waals surface area contributed by atoms with E-state index in [1.807, 2.05) is 6.07 Å². The van der Waals surface area contributed by atoms with Crippen molar-refractivity contribution < 1.29 is 14.3 Å². The number of phenolic OH excluding ortho intramolecular Hbond substituents is 1. The Hall–Kier alpha value is -2.87. The lowest BCUT2D eigenvalue weighted by Crippen LogP contribution is -2.12. The van der Waals surface area contributed by atoms with E-state index in [-0.39, 0.29) is 5.69 Å². The third-order valence-corrected chi connectivity index (χ3v) is 2.46. The zero-order valence-electron chi connectivity index (χ0n) is 9.72. The molecule has 0 saturated heterocycles. The number of nitrogens with one attached hydrogen (secondary N) is 1. The van der Waals surface area contributed by atoms with Gasteiger partial charge in [0.05, 0.1) is 11.6 Å². The summed E-state index contributed by atoms with van der Waals surface area (Å²) in [6, 6.07) is 11.6. The van der Waals surface area contributed by atoms with Gasteiger partial charge in [-0.25, -0.2) is 4.39 Å². The molecule has 0 aliphatic carbocycles. The summed E-state index contributed by atoms with van der Waals surface area (Å²) in [7, 11) is 0. The van der Waals surface area contributed by atoms with Crippen molar-refractivity contribution in [3.8, 4) is 11.8 Å². The van der Waals surface area contributed by atoms with Gasteiger partial charge in [0.2, 0.25) is 0 Å². The van der Waals surface area contributed by atoms with E-state index in [0.29, 0.717) is 11.1 Å². The number of amides is 1. The van der Waals surface area contributed by atoms with Crippen LogP contribution in [0.1, 0.15) is 15.9 Å². The number of carbonyl (C=O) groups is 1. The van der Waals surface area contributed by atoms with Gasteiger partial charge >= 0.3 is 0 Å². The highest BCUT2D eigenvalue weighted by atomic mass is 19.1. The molecule has 1 amide bonds. The second-order valence-corrected chi connectivity index (χ2v) is 3.81. The molecule has 0 aromatic heterocycles. The number of hydrogen-bond acceptors (Lipinski definition) is 3. The Morgan fingerprint density at radius 2 is 2.05 bits per heavy atom. The molecule has 4 nitrogen and oxygen atoms in total. The quantitative estimate of drug-likeness (QED) is 0.811. The molecule has 2 aromatic rings. The predicted molar refractivity (Wildman–Crippen MR) is 67.2 cm³/mol. The van der Waals surface area contributed by atoms with Crippen LogP contribution in [0.3, 0.4) is 0 Å². The standard InChI is InChI=1S/C14H9FN2O2/c15-12-7-11(4-5-13(12)18)17-14(19)10-3-1-2-9(6-10)8-16/h1-7,18H,(H,17,19). The van der Waals surface area contributed by atoms with Gasteiger partial charge in [-0.2, -0.15) is 5.26 Å². The Labute approximate surface area is 108 Å². The molecule has 0 saturated carbocycles. The molecule has 0 heterocycles. The number of anilines is 1. The highest BCUT2D eigenvalue weighted by Crippen LogP contribution is 2.20. The molecule has 2 aromatic carbocycles. The van der Waals surface area contributed by atoms with E-state index in [9.17, 15) is 9.18 Å². The van der Waals surface area contributed by atoms with Crippen LogP contribution in [0, 0.1) is 17.1 Å². The van der Waals surface area contributed by atoms with Crippen molar-refractivity contribution in [1.82, 2.24) is 0 Å². The van der Waals surface area contributed by atoms with E-state index in [1.54, 1.807) is 18.2 Å². The molecule has 0 aliphatic heterocycles. The molecule has 5 heteroatoms. The molecule has 0 fully saturated rings. The molecule has 94 valence electrons. The lowest BCUT2D eigenvalue weighted by Gasteiger charge is -2.06. The SMILES string of the molecule is N#Cc1cccc(C(=O)Nc2ccc(O)c(F)c2)c1. The topological polar surface area (TPSA) is 73.1 Å². The molecule has 2 N–H and O–H groups in total. The number of aromatic hydroxyl groups is 1. The van der Waals surface area contributed by atoms with Gasteiger partial charge in [-0.1, -0.05) is 6.07 Å². The number of rotatable bonds is 2. The van der Waals surface area contributed by atoms with Crippen LogP contribution in [-0.2, 0) is 0 Å². The van der Waals surface area contributed by atoms with Crippen LogP contribution in [0.4, 0.5) is 10.1 Å². The van der Waals surface area contributed by atoms with Gasteiger partial charge in [-0.05, 0) is 30.3 Å². The summed E-state index contributed by atoms with van der Waals surface area (Å²) in [5, 5.41) is 20.3. The zero-order chi connectivity index (χ0) is 13.8. The first-order valence-corrected chi connectivity index (χ1v) is 5.40. The third-order valence-electron chi connectivity index (χ3n) is 2.46. The maximum absolute atomic E-state index is 13.1. The first-order valence-electron chi connectivity index (χ1n) is 5.40. The van der Waals surface area contributed by atoms with Gasteiger partial charge in [0, 0.05) is 17.3 Å². The molecular formula is C14H9FN2O2. The molecule has 0 atom stereocenters. The van der Waals surface area contributed by atoms with Crippen molar-refractivity contribution in [2.24, 2.45) is 0 Å². The normalized spacial score (nSPS) is 9.68. The van der Waals surface area contributed by atoms with Crippen LogP contribution in [0.5, 0.6) is 5.75 Å². The van der Waals surface area contributed by atoms with Crippen molar-refractivity contribution in [2.75, 3.05) is 5.32 Å². The van der Waals surface area contributed by atoms with Gasteiger partial charge in [0.15, 0.2) is 11.6 Å².